The second-order valence-corrected chi connectivity index (χ2v) is 3.96. The summed E-state index contributed by atoms with van der Waals surface area (Å²) in [7, 11) is 1.44. The first-order valence-electron chi connectivity index (χ1n) is 6.20. The highest BCUT2D eigenvalue weighted by atomic mass is 16.6. The summed E-state index contributed by atoms with van der Waals surface area (Å²) in [6, 6.07) is 5.90. The molecule has 8 heteroatoms. The summed E-state index contributed by atoms with van der Waals surface area (Å²) in [4.78, 5) is 18.5. The number of hydrogen-bond donors (Lipinski definition) is 1. The van der Waals surface area contributed by atoms with Crippen LogP contribution in [0.5, 0.6) is 17.4 Å². The summed E-state index contributed by atoms with van der Waals surface area (Å²) in [6.07, 6.45) is 1.32. The Morgan fingerprint density at radius 1 is 1.33 bits per heavy atom. The maximum Gasteiger partial charge on any atom is 0.315 e. The first kappa shape index (κ1) is 14.5. The number of anilines is 1. The Bertz CT molecular complexity index is 648. The number of nitrogens with one attached hydrogen (secondary N) is 1. The predicted molar refractivity (Wildman–Crippen MR) is 75.9 cm³/mol. The normalized spacial score (nSPS) is 10.0. The molecule has 0 saturated heterocycles. The van der Waals surface area contributed by atoms with Crippen molar-refractivity contribution in [2.24, 2.45) is 0 Å². The van der Waals surface area contributed by atoms with Gasteiger partial charge in [-0.05, 0) is 19.1 Å². The van der Waals surface area contributed by atoms with E-state index < -0.39 is 4.92 Å². The zero-order valence-electron chi connectivity index (χ0n) is 11.6. The number of nitrogens with zero attached hydrogens (tertiary/aromatic N) is 3. The molecule has 0 spiro atoms. The fourth-order valence-electron chi connectivity index (χ4n) is 1.64. The van der Waals surface area contributed by atoms with Gasteiger partial charge in [-0.3, -0.25) is 10.1 Å². The van der Waals surface area contributed by atoms with Gasteiger partial charge in [-0.1, -0.05) is 0 Å². The Labute approximate surface area is 120 Å². The number of hydrogen-bond acceptors (Lipinski definition) is 7. The first-order chi connectivity index (χ1) is 10.1. The number of methoxy groups -OCH3 is 1. The van der Waals surface area contributed by atoms with E-state index in [4.69, 9.17) is 9.47 Å². The quantitative estimate of drug-likeness (QED) is 0.644. The number of nitro benzene ring substituents is 1. The summed E-state index contributed by atoms with van der Waals surface area (Å²) >= 11 is 0. The molecule has 0 saturated carbocycles. The van der Waals surface area contributed by atoms with Gasteiger partial charge in [0.25, 0.3) is 0 Å². The van der Waals surface area contributed by atoms with Gasteiger partial charge in [0.15, 0.2) is 0 Å². The van der Waals surface area contributed by atoms with E-state index in [0.29, 0.717) is 18.1 Å². The molecule has 1 aromatic heterocycles. The molecule has 0 aliphatic heterocycles. The van der Waals surface area contributed by atoms with Gasteiger partial charge in [0, 0.05) is 12.6 Å². The molecule has 1 aromatic carbocycles. The predicted octanol–water partition coefficient (Wildman–Crippen LogP) is 2.62. The number of ether oxygens (including phenoxy) is 2. The SMILES string of the molecule is CCNc1cc(Oc2ccc(OC)cc2[N+](=O)[O-])ncn1. The number of rotatable bonds is 6. The second kappa shape index (κ2) is 6.51. The third-order valence-corrected chi connectivity index (χ3v) is 2.58. The highest BCUT2D eigenvalue weighted by Crippen LogP contribution is 2.33. The number of nitro groups is 1. The van der Waals surface area contributed by atoms with E-state index in [9.17, 15) is 10.1 Å². The van der Waals surface area contributed by atoms with E-state index in [0.717, 1.165) is 0 Å². The van der Waals surface area contributed by atoms with E-state index >= 15 is 0 Å². The minimum Gasteiger partial charge on any atom is -0.496 e. The Hall–Kier alpha value is -2.90. The van der Waals surface area contributed by atoms with Gasteiger partial charge in [0.05, 0.1) is 18.1 Å². The van der Waals surface area contributed by atoms with Crippen molar-refractivity contribution >= 4 is 11.5 Å². The number of benzene rings is 1. The van der Waals surface area contributed by atoms with E-state index in [1.165, 1.54) is 25.6 Å². The van der Waals surface area contributed by atoms with Crippen molar-refractivity contribution in [2.75, 3.05) is 19.0 Å². The highest BCUT2D eigenvalue weighted by Gasteiger charge is 2.17. The van der Waals surface area contributed by atoms with Crippen molar-refractivity contribution in [3.63, 3.8) is 0 Å². The smallest absolute Gasteiger partial charge is 0.315 e. The standard InChI is InChI=1S/C13H14N4O4/c1-3-14-12-7-13(16-8-15-12)21-11-5-4-9(20-2)6-10(11)17(18)19/h4-8H,3H2,1-2H3,(H,14,15,16). The lowest BCUT2D eigenvalue weighted by molar-refractivity contribution is -0.385. The first-order valence-corrected chi connectivity index (χ1v) is 6.20. The van der Waals surface area contributed by atoms with Crippen LogP contribution < -0.4 is 14.8 Å². The molecule has 1 heterocycles. The van der Waals surface area contributed by atoms with Crippen LogP contribution in [0.1, 0.15) is 6.92 Å². The zero-order chi connectivity index (χ0) is 15.2. The summed E-state index contributed by atoms with van der Waals surface area (Å²) in [5, 5.41) is 14.1. The van der Waals surface area contributed by atoms with Crippen LogP contribution in [0.2, 0.25) is 0 Å². The van der Waals surface area contributed by atoms with Crippen molar-refractivity contribution in [3.05, 3.63) is 40.7 Å². The van der Waals surface area contributed by atoms with Gasteiger partial charge in [0.1, 0.15) is 17.9 Å². The molecule has 21 heavy (non-hydrogen) atoms. The van der Waals surface area contributed by atoms with Gasteiger partial charge < -0.3 is 14.8 Å². The molecule has 0 aliphatic carbocycles. The van der Waals surface area contributed by atoms with Gasteiger partial charge in [-0.2, -0.15) is 0 Å². The lowest BCUT2D eigenvalue weighted by Gasteiger charge is -2.08. The zero-order valence-corrected chi connectivity index (χ0v) is 11.6. The number of aromatic nitrogens is 2. The molecular weight excluding hydrogens is 276 g/mol. The van der Waals surface area contributed by atoms with E-state index in [-0.39, 0.29) is 17.3 Å². The van der Waals surface area contributed by atoms with Crippen LogP contribution in [0.3, 0.4) is 0 Å². The Kier molecular flexibility index (Phi) is 4.50. The Balaban J connectivity index is 2.30. The maximum absolute atomic E-state index is 11.1. The van der Waals surface area contributed by atoms with Gasteiger partial charge in [0.2, 0.25) is 11.6 Å². The van der Waals surface area contributed by atoms with Crippen LogP contribution in [0.15, 0.2) is 30.6 Å². The van der Waals surface area contributed by atoms with E-state index in [1.807, 2.05) is 6.92 Å². The molecule has 110 valence electrons. The third-order valence-electron chi connectivity index (χ3n) is 2.58. The fourth-order valence-corrected chi connectivity index (χ4v) is 1.64. The minimum atomic E-state index is -0.537. The summed E-state index contributed by atoms with van der Waals surface area (Å²) < 4.78 is 10.4. The molecule has 0 radical (unpaired) electrons. The van der Waals surface area contributed by atoms with Gasteiger partial charge in [-0.15, -0.1) is 0 Å². The van der Waals surface area contributed by atoms with Crippen molar-refractivity contribution in [1.82, 2.24) is 9.97 Å². The van der Waals surface area contributed by atoms with Gasteiger partial charge >= 0.3 is 5.69 Å². The van der Waals surface area contributed by atoms with Gasteiger partial charge in [-0.25, -0.2) is 9.97 Å². The van der Waals surface area contributed by atoms with Crippen LogP contribution in [0.25, 0.3) is 0 Å². The summed E-state index contributed by atoms with van der Waals surface area (Å²) in [5.41, 5.74) is -0.196. The molecule has 1 N–H and O–H groups in total. The van der Waals surface area contributed by atoms with E-state index in [2.05, 4.69) is 15.3 Å². The van der Waals surface area contributed by atoms with Crippen molar-refractivity contribution in [2.45, 2.75) is 6.92 Å². The molecule has 0 fully saturated rings. The summed E-state index contributed by atoms with van der Waals surface area (Å²) in [6.45, 7) is 2.62. The molecule has 0 amide bonds. The second-order valence-electron chi connectivity index (χ2n) is 3.96. The molecule has 2 aromatic rings. The van der Waals surface area contributed by atoms with Crippen molar-refractivity contribution in [1.29, 1.82) is 0 Å². The molecule has 8 nitrogen and oxygen atoms in total. The lowest BCUT2D eigenvalue weighted by atomic mass is 10.3. The maximum atomic E-state index is 11.1. The molecule has 2 rings (SSSR count). The topological polar surface area (TPSA) is 99.4 Å². The van der Waals surface area contributed by atoms with Crippen LogP contribution in [-0.2, 0) is 0 Å². The lowest BCUT2D eigenvalue weighted by Crippen LogP contribution is -2.01. The average Bonchev–Trinajstić information content (AvgIpc) is 2.48. The molecule has 0 bridgehead atoms. The highest BCUT2D eigenvalue weighted by molar-refractivity contribution is 5.52. The van der Waals surface area contributed by atoms with Crippen LogP contribution >= 0.6 is 0 Å². The minimum absolute atomic E-state index is 0.0851. The van der Waals surface area contributed by atoms with Crippen molar-refractivity contribution < 1.29 is 14.4 Å². The van der Waals surface area contributed by atoms with Crippen LogP contribution in [0.4, 0.5) is 11.5 Å². The van der Waals surface area contributed by atoms with Crippen LogP contribution in [-0.4, -0.2) is 28.5 Å². The Morgan fingerprint density at radius 2 is 2.14 bits per heavy atom. The largest absolute Gasteiger partial charge is 0.496 e. The Morgan fingerprint density at radius 3 is 2.81 bits per heavy atom. The monoisotopic (exact) mass is 290 g/mol. The molecule has 0 atom stereocenters. The molecule has 0 unspecified atom stereocenters. The van der Waals surface area contributed by atoms with E-state index in [1.54, 1.807) is 12.1 Å². The van der Waals surface area contributed by atoms with Crippen molar-refractivity contribution in [3.8, 4) is 17.4 Å². The third kappa shape index (κ3) is 3.56. The molecule has 0 aliphatic rings. The fraction of sp³-hybridized carbons (Fsp3) is 0.231. The van der Waals surface area contributed by atoms with Crippen LogP contribution in [0, 0.1) is 10.1 Å². The molecular formula is C13H14N4O4. The average molecular weight is 290 g/mol. The summed E-state index contributed by atoms with van der Waals surface area (Å²) in [5.74, 6) is 1.26.